The molecule has 4 nitrogen and oxygen atoms in total. The Morgan fingerprint density at radius 2 is 2.41 bits per heavy atom. The van der Waals surface area contributed by atoms with Crippen molar-refractivity contribution in [1.82, 2.24) is 4.90 Å². The van der Waals surface area contributed by atoms with Crippen molar-refractivity contribution in [2.24, 2.45) is 0 Å². The van der Waals surface area contributed by atoms with Gasteiger partial charge in [-0.25, -0.2) is 0 Å². The first-order valence-electron chi connectivity index (χ1n) is 8.05. The maximum Gasteiger partial charge on any atom is 0.254 e. The number of piperidine rings is 1. The molecule has 4 heteroatoms. The van der Waals surface area contributed by atoms with Gasteiger partial charge >= 0.3 is 0 Å². The lowest BCUT2D eigenvalue weighted by Gasteiger charge is -2.30. The van der Waals surface area contributed by atoms with Crippen molar-refractivity contribution in [3.8, 4) is 0 Å². The molecule has 120 valence electrons. The zero-order chi connectivity index (χ0) is 15.9. The fourth-order valence-corrected chi connectivity index (χ4v) is 2.79. The molecule has 1 amide bonds. The van der Waals surface area contributed by atoms with Crippen LogP contribution in [0.2, 0.25) is 0 Å². The lowest BCUT2D eigenvalue weighted by Crippen LogP contribution is -2.42. The molecular weight excluding hydrogens is 276 g/mol. The average molecular weight is 302 g/mol. The molecule has 0 aromatic heterocycles. The van der Waals surface area contributed by atoms with E-state index in [1.54, 1.807) is 4.90 Å². The maximum atomic E-state index is 12.5. The summed E-state index contributed by atoms with van der Waals surface area (Å²) in [5.41, 5.74) is 1.63. The van der Waals surface area contributed by atoms with Crippen molar-refractivity contribution in [3.63, 3.8) is 0 Å². The van der Waals surface area contributed by atoms with E-state index in [0.717, 1.165) is 37.9 Å². The number of nitrogens with zero attached hydrogens (tertiary/aromatic N) is 1. The summed E-state index contributed by atoms with van der Waals surface area (Å²) in [5, 5.41) is 13.1. The van der Waals surface area contributed by atoms with Crippen LogP contribution in [0.15, 0.2) is 36.9 Å². The number of benzene rings is 1. The lowest BCUT2D eigenvalue weighted by molar-refractivity contribution is 0.0474. The normalized spacial score (nSPS) is 19.5. The van der Waals surface area contributed by atoms with E-state index in [9.17, 15) is 9.90 Å². The Labute approximate surface area is 132 Å². The summed E-state index contributed by atoms with van der Waals surface area (Å²) in [5.74, 6) is 0.00106. The highest BCUT2D eigenvalue weighted by Gasteiger charge is 2.23. The molecule has 1 aliphatic heterocycles. The van der Waals surface area contributed by atoms with E-state index in [1.165, 1.54) is 0 Å². The number of rotatable bonds is 6. The van der Waals surface area contributed by atoms with Crippen molar-refractivity contribution < 1.29 is 9.90 Å². The third-order valence-electron chi connectivity index (χ3n) is 4.01. The van der Waals surface area contributed by atoms with Gasteiger partial charge in [0.15, 0.2) is 0 Å². The number of aliphatic hydroxyl groups excluding tert-OH is 1. The van der Waals surface area contributed by atoms with Crippen LogP contribution in [0.3, 0.4) is 0 Å². The number of carbonyl (C=O) groups excluding carboxylic acids is 1. The number of aliphatic hydroxyl groups is 1. The van der Waals surface area contributed by atoms with Crippen molar-refractivity contribution in [2.75, 3.05) is 18.4 Å². The second-order valence-corrected chi connectivity index (χ2v) is 6.04. The molecule has 1 fully saturated rings. The van der Waals surface area contributed by atoms with E-state index in [2.05, 4.69) is 18.8 Å². The van der Waals surface area contributed by atoms with Gasteiger partial charge in [0, 0.05) is 30.4 Å². The summed E-state index contributed by atoms with van der Waals surface area (Å²) >= 11 is 0. The van der Waals surface area contributed by atoms with Crippen LogP contribution >= 0.6 is 0 Å². The van der Waals surface area contributed by atoms with Gasteiger partial charge in [0.25, 0.3) is 5.91 Å². The quantitative estimate of drug-likeness (QED) is 0.794. The molecule has 0 radical (unpaired) electrons. The SMILES string of the molecule is C=CCC[C@@H](C)Nc1cccc(C(=O)N2CCC[C@H](O)C2)c1. The van der Waals surface area contributed by atoms with Crippen molar-refractivity contribution in [2.45, 2.75) is 44.8 Å². The molecule has 0 aliphatic carbocycles. The van der Waals surface area contributed by atoms with E-state index in [1.807, 2.05) is 30.3 Å². The largest absolute Gasteiger partial charge is 0.391 e. The molecule has 1 aromatic carbocycles. The zero-order valence-corrected chi connectivity index (χ0v) is 13.3. The minimum Gasteiger partial charge on any atom is -0.391 e. The number of hydrogen-bond acceptors (Lipinski definition) is 3. The summed E-state index contributed by atoms with van der Waals surface area (Å²) in [7, 11) is 0. The fraction of sp³-hybridized carbons (Fsp3) is 0.500. The topological polar surface area (TPSA) is 52.6 Å². The monoisotopic (exact) mass is 302 g/mol. The fourth-order valence-electron chi connectivity index (χ4n) is 2.79. The molecule has 22 heavy (non-hydrogen) atoms. The first kappa shape index (κ1) is 16.6. The van der Waals surface area contributed by atoms with Crippen LogP contribution in [0.4, 0.5) is 5.69 Å². The second-order valence-electron chi connectivity index (χ2n) is 6.04. The van der Waals surface area contributed by atoms with Crippen LogP contribution in [0.1, 0.15) is 43.0 Å². The molecule has 2 atom stereocenters. The van der Waals surface area contributed by atoms with Crippen molar-refractivity contribution in [3.05, 3.63) is 42.5 Å². The number of β-amino-alcohol motifs (C(OH)–C–C–N with tert-alkyl or cyclic N) is 1. The Morgan fingerprint density at radius 1 is 1.59 bits per heavy atom. The first-order chi connectivity index (χ1) is 10.6. The number of likely N-dealkylation sites (tertiary alicyclic amines) is 1. The number of anilines is 1. The second kappa shape index (κ2) is 7.99. The van der Waals surface area contributed by atoms with E-state index in [4.69, 9.17) is 0 Å². The number of allylic oxidation sites excluding steroid dienone is 1. The van der Waals surface area contributed by atoms with Gasteiger partial charge < -0.3 is 15.3 Å². The van der Waals surface area contributed by atoms with Gasteiger partial charge in [-0.15, -0.1) is 6.58 Å². The number of carbonyl (C=O) groups is 1. The summed E-state index contributed by atoms with van der Waals surface area (Å²) < 4.78 is 0. The predicted molar refractivity (Wildman–Crippen MR) is 90.1 cm³/mol. The molecule has 1 aromatic rings. The van der Waals surface area contributed by atoms with Crippen molar-refractivity contribution >= 4 is 11.6 Å². The zero-order valence-electron chi connectivity index (χ0n) is 13.3. The Hall–Kier alpha value is -1.81. The van der Waals surface area contributed by atoms with E-state index < -0.39 is 6.10 Å². The average Bonchev–Trinajstić information content (AvgIpc) is 2.52. The number of amides is 1. The molecule has 0 unspecified atom stereocenters. The molecule has 0 saturated carbocycles. The maximum absolute atomic E-state index is 12.5. The van der Waals surface area contributed by atoms with Crippen LogP contribution in [-0.4, -0.2) is 41.1 Å². The molecule has 1 heterocycles. The molecular formula is C18H26N2O2. The van der Waals surface area contributed by atoms with Gasteiger partial charge in [0.1, 0.15) is 0 Å². The molecule has 0 bridgehead atoms. The van der Waals surface area contributed by atoms with E-state index in [0.29, 0.717) is 18.2 Å². The molecule has 2 N–H and O–H groups in total. The van der Waals surface area contributed by atoms with Crippen LogP contribution in [0, 0.1) is 0 Å². The van der Waals surface area contributed by atoms with Gasteiger partial charge in [0.05, 0.1) is 6.10 Å². The number of hydrogen-bond donors (Lipinski definition) is 2. The van der Waals surface area contributed by atoms with Gasteiger partial charge in [-0.2, -0.15) is 0 Å². The lowest BCUT2D eigenvalue weighted by atomic mass is 10.1. The van der Waals surface area contributed by atoms with E-state index >= 15 is 0 Å². The minimum atomic E-state index is -0.391. The molecule has 2 rings (SSSR count). The molecule has 1 aliphatic rings. The molecule has 0 spiro atoms. The summed E-state index contributed by atoms with van der Waals surface area (Å²) in [4.78, 5) is 14.3. The van der Waals surface area contributed by atoms with Gasteiger partial charge in [-0.3, -0.25) is 4.79 Å². The van der Waals surface area contributed by atoms with E-state index in [-0.39, 0.29) is 5.91 Å². The van der Waals surface area contributed by atoms with Gasteiger partial charge in [-0.05, 0) is 50.8 Å². The highest BCUT2D eigenvalue weighted by atomic mass is 16.3. The van der Waals surface area contributed by atoms with Crippen LogP contribution < -0.4 is 5.32 Å². The smallest absolute Gasteiger partial charge is 0.254 e. The minimum absolute atomic E-state index is 0.00106. The number of nitrogens with one attached hydrogen (secondary N) is 1. The summed E-state index contributed by atoms with van der Waals surface area (Å²) in [6.45, 7) is 7.02. The van der Waals surface area contributed by atoms with Crippen molar-refractivity contribution in [1.29, 1.82) is 0 Å². The Kier molecular flexibility index (Phi) is 6.01. The first-order valence-corrected chi connectivity index (χ1v) is 8.05. The standard InChI is InChI=1S/C18H26N2O2/c1-3-4-7-14(2)19-16-9-5-8-15(12-16)18(22)20-11-6-10-17(21)13-20/h3,5,8-9,12,14,17,19,21H,1,4,6-7,10-11,13H2,2H3/t14-,17+/m1/s1. The Morgan fingerprint density at radius 3 is 3.14 bits per heavy atom. The molecule has 1 saturated heterocycles. The van der Waals surface area contributed by atoms with Crippen LogP contribution in [0.5, 0.6) is 0 Å². The van der Waals surface area contributed by atoms with Gasteiger partial charge in [0.2, 0.25) is 0 Å². The Balaban J connectivity index is 2.01. The summed E-state index contributed by atoms with van der Waals surface area (Å²) in [6, 6.07) is 7.94. The van der Waals surface area contributed by atoms with Crippen LogP contribution in [0.25, 0.3) is 0 Å². The van der Waals surface area contributed by atoms with Crippen LogP contribution in [-0.2, 0) is 0 Å². The highest BCUT2D eigenvalue weighted by molar-refractivity contribution is 5.95. The third kappa shape index (κ3) is 4.60. The highest BCUT2D eigenvalue weighted by Crippen LogP contribution is 2.18. The Bertz CT molecular complexity index is 516. The summed E-state index contributed by atoms with van der Waals surface area (Å²) in [6.07, 6.45) is 5.16. The third-order valence-corrected chi connectivity index (χ3v) is 4.01. The van der Waals surface area contributed by atoms with Gasteiger partial charge in [-0.1, -0.05) is 12.1 Å². The predicted octanol–water partition coefficient (Wildman–Crippen LogP) is 3.05.